The second-order valence-corrected chi connectivity index (χ2v) is 11.7. The summed E-state index contributed by atoms with van der Waals surface area (Å²) in [6.45, 7) is 13.0. The first kappa shape index (κ1) is 23.8. The zero-order chi connectivity index (χ0) is 25.1. The van der Waals surface area contributed by atoms with Crippen LogP contribution in [0.15, 0.2) is 75.6 Å². The monoisotopic (exact) mass is 505 g/mol. The molecule has 0 aliphatic heterocycles. The molecule has 0 aliphatic rings. The number of anilines is 3. The zero-order valence-electron chi connectivity index (χ0n) is 20.9. The van der Waals surface area contributed by atoms with Crippen molar-refractivity contribution in [3.05, 3.63) is 87.9 Å². The second-order valence-electron chi connectivity index (χ2n) is 11.0. The van der Waals surface area contributed by atoms with Crippen LogP contribution in [0, 0.1) is 0 Å². The van der Waals surface area contributed by atoms with Crippen LogP contribution in [0.25, 0.3) is 21.9 Å². The molecule has 0 radical (unpaired) electrons. The molecule has 0 bridgehead atoms. The molecule has 0 N–H and O–H groups in total. The molecule has 5 aromatic rings. The van der Waals surface area contributed by atoms with Crippen LogP contribution in [0.2, 0.25) is 10.0 Å². The highest BCUT2D eigenvalue weighted by molar-refractivity contribution is 6.40. The zero-order valence-corrected chi connectivity index (χ0v) is 22.4. The summed E-state index contributed by atoms with van der Waals surface area (Å²) in [7, 11) is 0. The summed E-state index contributed by atoms with van der Waals surface area (Å²) in [5, 5.41) is 2.75. The lowest BCUT2D eigenvalue weighted by Gasteiger charge is -2.21. The molecule has 0 fully saturated rings. The molecule has 0 saturated carbocycles. The summed E-state index contributed by atoms with van der Waals surface area (Å²) in [6, 6.07) is 22.1. The first-order valence-corrected chi connectivity index (χ1v) is 12.5. The molecule has 35 heavy (non-hydrogen) atoms. The van der Waals surface area contributed by atoms with Crippen LogP contribution in [0.3, 0.4) is 0 Å². The molecular formula is C30H29Cl2NO2. The van der Waals surface area contributed by atoms with E-state index in [9.17, 15) is 0 Å². The van der Waals surface area contributed by atoms with Gasteiger partial charge >= 0.3 is 0 Å². The summed E-state index contributed by atoms with van der Waals surface area (Å²) >= 11 is 14.0. The van der Waals surface area contributed by atoms with Gasteiger partial charge in [-0.2, -0.15) is 0 Å². The van der Waals surface area contributed by atoms with Crippen LogP contribution in [-0.2, 0) is 10.8 Å². The molecule has 180 valence electrons. The largest absolute Gasteiger partial charge is 0.438 e. The summed E-state index contributed by atoms with van der Waals surface area (Å²) < 4.78 is 13.1. The molecule has 0 amide bonds. The van der Waals surface area contributed by atoms with E-state index in [2.05, 4.69) is 53.7 Å². The Morgan fingerprint density at radius 1 is 0.571 bits per heavy atom. The van der Waals surface area contributed by atoms with E-state index in [1.165, 1.54) is 0 Å². The van der Waals surface area contributed by atoms with E-state index >= 15 is 0 Å². The first-order chi connectivity index (χ1) is 16.5. The fraction of sp³-hybridized carbons (Fsp3) is 0.267. The van der Waals surface area contributed by atoms with Crippen molar-refractivity contribution in [2.45, 2.75) is 52.4 Å². The van der Waals surface area contributed by atoms with Gasteiger partial charge in [-0.15, -0.1) is 0 Å². The number of nitrogens with zero attached hydrogens (tertiary/aromatic N) is 1. The highest BCUT2D eigenvalue weighted by Gasteiger charge is 2.31. The van der Waals surface area contributed by atoms with E-state index in [0.29, 0.717) is 21.8 Å². The Morgan fingerprint density at radius 3 is 1.40 bits per heavy atom. The van der Waals surface area contributed by atoms with Crippen LogP contribution in [-0.4, -0.2) is 0 Å². The number of halogens is 2. The van der Waals surface area contributed by atoms with Gasteiger partial charge in [-0.3, -0.25) is 0 Å². The van der Waals surface area contributed by atoms with E-state index in [1.54, 1.807) is 0 Å². The second kappa shape index (κ2) is 8.36. The van der Waals surface area contributed by atoms with Crippen LogP contribution in [0.1, 0.15) is 52.7 Å². The van der Waals surface area contributed by atoms with E-state index in [0.717, 1.165) is 38.8 Å². The quantitative estimate of drug-likeness (QED) is 0.244. The lowest BCUT2D eigenvalue weighted by Crippen LogP contribution is -2.11. The van der Waals surface area contributed by atoms with E-state index in [-0.39, 0.29) is 10.8 Å². The van der Waals surface area contributed by atoms with Gasteiger partial charge in [0, 0.05) is 21.9 Å². The van der Waals surface area contributed by atoms with Gasteiger partial charge in [-0.1, -0.05) is 107 Å². The lowest BCUT2D eigenvalue weighted by molar-refractivity contribution is 0.546. The predicted molar refractivity (Wildman–Crippen MR) is 148 cm³/mol. The molecular weight excluding hydrogens is 477 g/mol. The fourth-order valence-corrected chi connectivity index (χ4v) is 5.07. The molecule has 3 aromatic carbocycles. The molecule has 0 atom stereocenters. The van der Waals surface area contributed by atoms with Gasteiger partial charge in [0.25, 0.3) is 0 Å². The van der Waals surface area contributed by atoms with Crippen molar-refractivity contribution in [1.82, 2.24) is 0 Å². The minimum absolute atomic E-state index is 0.117. The van der Waals surface area contributed by atoms with Crippen molar-refractivity contribution in [2.75, 3.05) is 4.90 Å². The fourth-order valence-electron chi connectivity index (χ4n) is 4.53. The Morgan fingerprint density at radius 2 is 1.00 bits per heavy atom. The number of fused-ring (bicyclic) bond motifs is 2. The molecule has 0 saturated heterocycles. The van der Waals surface area contributed by atoms with Crippen LogP contribution in [0.5, 0.6) is 0 Å². The molecule has 2 aromatic heterocycles. The molecule has 3 nitrogen and oxygen atoms in total. The SMILES string of the molecule is CC(C)(C)c1cccc2c(Cl)c(N(c3ccccc3)c3oc4c(C(C)(C)C)cccc4c3Cl)oc12. The van der Waals surface area contributed by atoms with Gasteiger partial charge in [-0.25, -0.2) is 4.90 Å². The first-order valence-electron chi connectivity index (χ1n) is 11.8. The van der Waals surface area contributed by atoms with Crippen molar-refractivity contribution >= 4 is 62.6 Å². The average Bonchev–Trinajstić information content (AvgIpc) is 3.31. The molecule has 0 aliphatic carbocycles. The number of hydrogen-bond acceptors (Lipinski definition) is 3. The number of benzene rings is 3. The maximum absolute atomic E-state index is 7.01. The third kappa shape index (κ3) is 4.01. The van der Waals surface area contributed by atoms with Gasteiger partial charge in [0.2, 0.25) is 11.8 Å². The Balaban J connectivity index is 1.83. The smallest absolute Gasteiger partial charge is 0.227 e. The summed E-state index contributed by atoms with van der Waals surface area (Å²) in [5.74, 6) is 0.950. The molecule has 0 spiro atoms. The highest BCUT2D eigenvalue weighted by Crippen LogP contribution is 2.50. The molecule has 5 heteroatoms. The van der Waals surface area contributed by atoms with Gasteiger partial charge in [0.15, 0.2) is 0 Å². The maximum atomic E-state index is 7.01. The summed E-state index contributed by atoms with van der Waals surface area (Å²) in [6.07, 6.45) is 0. The normalized spacial score (nSPS) is 12.6. The van der Waals surface area contributed by atoms with Crippen LogP contribution >= 0.6 is 23.2 Å². The van der Waals surface area contributed by atoms with E-state index in [1.807, 2.05) is 59.5 Å². The third-order valence-corrected chi connectivity index (χ3v) is 7.04. The minimum atomic E-state index is -0.117. The number of furan rings is 2. The summed E-state index contributed by atoms with van der Waals surface area (Å²) in [4.78, 5) is 1.88. The van der Waals surface area contributed by atoms with E-state index in [4.69, 9.17) is 32.0 Å². The molecule has 2 heterocycles. The van der Waals surface area contributed by atoms with Crippen molar-refractivity contribution in [2.24, 2.45) is 0 Å². The lowest BCUT2D eigenvalue weighted by atomic mass is 9.86. The van der Waals surface area contributed by atoms with Gasteiger partial charge in [-0.05, 0) is 35.1 Å². The van der Waals surface area contributed by atoms with Crippen LogP contribution in [0.4, 0.5) is 17.5 Å². The van der Waals surface area contributed by atoms with Crippen molar-refractivity contribution < 1.29 is 8.83 Å². The average molecular weight is 506 g/mol. The Bertz CT molecular complexity index is 1430. The van der Waals surface area contributed by atoms with Gasteiger partial charge in [0.1, 0.15) is 21.2 Å². The Labute approximate surface area is 216 Å². The highest BCUT2D eigenvalue weighted by atomic mass is 35.5. The minimum Gasteiger partial charge on any atom is -0.438 e. The topological polar surface area (TPSA) is 29.5 Å². The standard InChI is InChI=1S/C30H29Cl2NO2/c1-29(2,3)21-16-10-14-19-23(31)27(34-25(19)21)33(18-12-8-7-9-13-18)28-24(32)20-15-11-17-22(26(20)35-28)30(4,5)6/h7-17H,1-6H3. The molecule has 5 rings (SSSR count). The Hall–Kier alpha value is -2.88. The number of rotatable bonds is 3. The van der Waals surface area contributed by atoms with Gasteiger partial charge < -0.3 is 8.83 Å². The van der Waals surface area contributed by atoms with Crippen molar-refractivity contribution in [3.8, 4) is 0 Å². The number of hydrogen-bond donors (Lipinski definition) is 0. The maximum Gasteiger partial charge on any atom is 0.227 e. The Kier molecular flexibility index (Phi) is 5.69. The van der Waals surface area contributed by atoms with E-state index < -0.39 is 0 Å². The van der Waals surface area contributed by atoms with Crippen molar-refractivity contribution in [3.63, 3.8) is 0 Å². The van der Waals surface area contributed by atoms with Gasteiger partial charge in [0.05, 0.1) is 5.69 Å². The molecule has 0 unspecified atom stereocenters. The van der Waals surface area contributed by atoms with Crippen LogP contribution < -0.4 is 4.90 Å². The third-order valence-electron chi connectivity index (χ3n) is 6.31. The predicted octanol–water partition coefficient (Wildman–Crippen LogP) is 10.6. The number of para-hydroxylation sites is 3. The van der Waals surface area contributed by atoms with Crippen molar-refractivity contribution in [1.29, 1.82) is 0 Å². The summed E-state index contributed by atoms with van der Waals surface area (Å²) in [5.41, 5.74) is 4.31.